The highest BCUT2D eigenvalue weighted by atomic mass is 16.5. The number of oxime groups is 1. The van der Waals surface area contributed by atoms with Gasteiger partial charge in [-0.1, -0.05) is 11.2 Å². The van der Waals surface area contributed by atoms with E-state index in [1.165, 1.54) is 19.5 Å². The Morgan fingerprint density at radius 2 is 2.05 bits per heavy atom. The van der Waals surface area contributed by atoms with Crippen molar-refractivity contribution in [2.24, 2.45) is 10.9 Å². The fourth-order valence-corrected chi connectivity index (χ4v) is 1.79. The number of aromatic nitrogens is 1. The third kappa shape index (κ3) is 3.08. The number of rotatable bonds is 4. The van der Waals surface area contributed by atoms with Gasteiger partial charge in [0.05, 0.1) is 12.8 Å². The number of methoxy groups -OCH3 is 1. The molecule has 2 aromatic rings. The number of hydrogen-bond acceptors (Lipinski definition) is 5. The minimum atomic E-state index is -0.353. The number of nitrogens with one attached hydrogen (secondary N) is 1. The molecule has 7 heteroatoms. The predicted octanol–water partition coefficient (Wildman–Crippen LogP) is 1.44. The van der Waals surface area contributed by atoms with Crippen LogP contribution in [0.5, 0.6) is 5.75 Å². The van der Waals surface area contributed by atoms with Crippen LogP contribution < -0.4 is 15.8 Å². The first-order valence-electron chi connectivity index (χ1n) is 6.03. The Labute approximate surface area is 121 Å². The lowest BCUT2D eigenvalue weighted by atomic mass is 10.1. The monoisotopic (exact) mass is 286 g/mol. The Morgan fingerprint density at radius 3 is 2.67 bits per heavy atom. The second-order valence-electron chi connectivity index (χ2n) is 4.06. The minimum Gasteiger partial charge on any atom is -0.495 e. The van der Waals surface area contributed by atoms with Crippen molar-refractivity contribution in [3.63, 3.8) is 0 Å². The highest BCUT2D eigenvalue weighted by Gasteiger charge is 2.16. The summed E-state index contributed by atoms with van der Waals surface area (Å²) in [5, 5.41) is 14.5. The van der Waals surface area contributed by atoms with E-state index in [0.29, 0.717) is 22.6 Å². The molecule has 2 rings (SSSR count). The highest BCUT2D eigenvalue weighted by molar-refractivity contribution is 6.11. The van der Waals surface area contributed by atoms with Crippen molar-refractivity contribution >= 4 is 17.4 Å². The average Bonchev–Trinajstić information content (AvgIpc) is 2.55. The van der Waals surface area contributed by atoms with Gasteiger partial charge in [-0.05, 0) is 24.3 Å². The number of amides is 1. The van der Waals surface area contributed by atoms with E-state index in [1.807, 2.05) is 0 Å². The number of benzene rings is 1. The normalized spacial score (nSPS) is 11.0. The Bertz CT molecular complexity index is 671. The lowest BCUT2D eigenvalue weighted by Crippen LogP contribution is -2.19. The molecule has 0 saturated heterocycles. The molecule has 0 unspecified atom stereocenters. The fourth-order valence-electron chi connectivity index (χ4n) is 1.79. The van der Waals surface area contributed by atoms with E-state index in [0.717, 1.165) is 0 Å². The molecule has 0 radical (unpaired) electrons. The molecular weight excluding hydrogens is 272 g/mol. The summed E-state index contributed by atoms with van der Waals surface area (Å²) < 4.78 is 5.20. The van der Waals surface area contributed by atoms with Gasteiger partial charge in [0, 0.05) is 23.5 Å². The van der Waals surface area contributed by atoms with Crippen molar-refractivity contribution in [3.8, 4) is 5.75 Å². The van der Waals surface area contributed by atoms with E-state index in [4.69, 9.17) is 15.7 Å². The molecule has 0 fully saturated rings. The molecule has 108 valence electrons. The number of hydrogen-bond donors (Lipinski definition) is 3. The zero-order chi connectivity index (χ0) is 15.2. The molecule has 0 aliphatic rings. The summed E-state index contributed by atoms with van der Waals surface area (Å²) in [6.07, 6.45) is 3.03. The zero-order valence-electron chi connectivity index (χ0n) is 11.3. The van der Waals surface area contributed by atoms with Crippen LogP contribution in [0.1, 0.15) is 15.9 Å². The van der Waals surface area contributed by atoms with Gasteiger partial charge < -0.3 is 21.0 Å². The van der Waals surface area contributed by atoms with Crippen LogP contribution in [0, 0.1) is 0 Å². The van der Waals surface area contributed by atoms with Gasteiger partial charge in [0.2, 0.25) is 0 Å². The first kappa shape index (κ1) is 14.3. The number of nitrogens with two attached hydrogens (primary N) is 1. The second-order valence-corrected chi connectivity index (χ2v) is 4.06. The van der Waals surface area contributed by atoms with Gasteiger partial charge in [-0.15, -0.1) is 0 Å². The quantitative estimate of drug-likeness (QED) is 0.341. The Hall–Kier alpha value is -3.09. The molecular formula is C14H14N4O3. The van der Waals surface area contributed by atoms with Crippen LogP contribution >= 0.6 is 0 Å². The lowest BCUT2D eigenvalue weighted by Gasteiger charge is -2.14. The third-order valence-corrected chi connectivity index (χ3v) is 2.81. The summed E-state index contributed by atoms with van der Waals surface area (Å²) in [6.45, 7) is 0. The number of para-hydroxylation sites is 1. The van der Waals surface area contributed by atoms with Gasteiger partial charge in [-0.3, -0.25) is 9.78 Å². The van der Waals surface area contributed by atoms with E-state index >= 15 is 0 Å². The van der Waals surface area contributed by atoms with Crippen LogP contribution in [0.15, 0.2) is 47.9 Å². The zero-order valence-corrected chi connectivity index (χ0v) is 11.3. The SMILES string of the molecule is COc1cccc(/C(N)=N/O)c1NC(=O)c1ccncc1. The molecule has 0 bridgehead atoms. The Kier molecular flexibility index (Phi) is 4.35. The van der Waals surface area contributed by atoms with Crippen molar-refractivity contribution in [1.29, 1.82) is 0 Å². The van der Waals surface area contributed by atoms with Crippen molar-refractivity contribution in [3.05, 3.63) is 53.9 Å². The maximum Gasteiger partial charge on any atom is 0.255 e. The predicted molar refractivity (Wildman–Crippen MR) is 77.7 cm³/mol. The fraction of sp³-hybridized carbons (Fsp3) is 0.0714. The van der Waals surface area contributed by atoms with E-state index in [9.17, 15) is 4.79 Å². The van der Waals surface area contributed by atoms with Gasteiger partial charge in [-0.2, -0.15) is 0 Å². The molecule has 1 heterocycles. The third-order valence-electron chi connectivity index (χ3n) is 2.81. The van der Waals surface area contributed by atoms with Gasteiger partial charge >= 0.3 is 0 Å². The summed E-state index contributed by atoms with van der Waals surface area (Å²) in [7, 11) is 1.47. The van der Waals surface area contributed by atoms with Crippen LogP contribution in [-0.2, 0) is 0 Å². The first-order chi connectivity index (χ1) is 10.2. The largest absolute Gasteiger partial charge is 0.495 e. The topological polar surface area (TPSA) is 110 Å². The van der Waals surface area contributed by atoms with E-state index in [1.54, 1.807) is 30.3 Å². The molecule has 0 aliphatic carbocycles. The summed E-state index contributed by atoms with van der Waals surface area (Å²) >= 11 is 0. The molecule has 0 saturated carbocycles. The maximum absolute atomic E-state index is 12.2. The number of ether oxygens (including phenoxy) is 1. The van der Waals surface area contributed by atoms with Crippen LogP contribution in [0.3, 0.4) is 0 Å². The highest BCUT2D eigenvalue weighted by Crippen LogP contribution is 2.28. The molecule has 0 atom stereocenters. The molecule has 0 aliphatic heterocycles. The standard InChI is InChI=1S/C14H14N4O3/c1-21-11-4-2-3-10(13(15)18-20)12(11)17-14(19)9-5-7-16-8-6-9/h2-8,20H,1H3,(H2,15,18)(H,17,19). The van der Waals surface area contributed by atoms with Gasteiger partial charge in [-0.25, -0.2) is 0 Å². The summed E-state index contributed by atoms with van der Waals surface area (Å²) in [5.74, 6) is -0.0747. The van der Waals surface area contributed by atoms with Crippen LogP contribution in [0.25, 0.3) is 0 Å². The van der Waals surface area contributed by atoms with Crippen molar-refractivity contribution in [2.75, 3.05) is 12.4 Å². The molecule has 21 heavy (non-hydrogen) atoms. The van der Waals surface area contributed by atoms with E-state index in [-0.39, 0.29) is 11.7 Å². The number of amidine groups is 1. The van der Waals surface area contributed by atoms with E-state index < -0.39 is 0 Å². The molecule has 1 amide bonds. The van der Waals surface area contributed by atoms with Crippen LogP contribution in [0.4, 0.5) is 5.69 Å². The van der Waals surface area contributed by atoms with Crippen molar-refractivity contribution in [2.45, 2.75) is 0 Å². The maximum atomic E-state index is 12.2. The van der Waals surface area contributed by atoms with Crippen LogP contribution in [0.2, 0.25) is 0 Å². The molecule has 7 nitrogen and oxygen atoms in total. The number of anilines is 1. The second kappa shape index (κ2) is 6.38. The van der Waals surface area contributed by atoms with Crippen molar-refractivity contribution < 1.29 is 14.7 Å². The Balaban J connectivity index is 2.41. The minimum absolute atomic E-state index is 0.126. The summed E-state index contributed by atoms with van der Waals surface area (Å²) in [6, 6.07) is 8.10. The Morgan fingerprint density at radius 1 is 1.33 bits per heavy atom. The van der Waals surface area contributed by atoms with Gasteiger partial charge in [0.15, 0.2) is 5.84 Å². The van der Waals surface area contributed by atoms with Crippen molar-refractivity contribution in [1.82, 2.24) is 4.98 Å². The summed E-state index contributed by atoms with van der Waals surface area (Å²) in [4.78, 5) is 16.1. The molecule has 4 N–H and O–H groups in total. The number of pyridine rings is 1. The molecule has 1 aromatic heterocycles. The first-order valence-corrected chi connectivity index (χ1v) is 6.03. The van der Waals surface area contributed by atoms with Crippen LogP contribution in [-0.4, -0.2) is 29.0 Å². The van der Waals surface area contributed by atoms with Gasteiger partial charge in [0.1, 0.15) is 5.75 Å². The number of carbonyl (C=O) groups is 1. The molecule has 1 aromatic carbocycles. The number of nitrogens with zero attached hydrogens (tertiary/aromatic N) is 2. The molecule has 0 spiro atoms. The summed E-state index contributed by atoms with van der Waals surface area (Å²) in [5.41, 5.74) is 6.74. The van der Waals surface area contributed by atoms with Gasteiger partial charge in [0.25, 0.3) is 5.91 Å². The number of carbonyl (C=O) groups excluding carboxylic acids is 1. The van der Waals surface area contributed by atoms with E-state index in [2.05, 4.69) is 15.5 Å². The average molecular weight is 286 g/mol. The lowest BCUT2D eigenvalue weighted by molar-refractivity contribution is 0.102. The smallest absolute Gasteiger partial charge is 0.255 e.